The zero-order valence-corrected chi connectivity index (χ0v) is 17.1. The molecule has 1 N–H and O–H groups in total. The Morgan fingerprint density at radius 2 is 1.83 bits per heavy atom. The summed E-state index contributed by atoms with van der Waals surface area (Å²) in [6.07, 6.45) is 0.984. The number of halogens is 1. The van der Waals surface area contributed by atoms with Crippen molar-refractivity contribution < 1.29 is 9.47 Å². The zero-order chi connectivity index (χ0) is 17.5. The lowest BCUT2D eigenvalue weighted by atomic mass is 10.1. The largest absolute Gasteiger partial charge is 0.490 e. The van der Waals surface area contributed by atoms with Gasteiger partial charge >= 0.3 is 0 Å². The van der Waals surface area contributed by atoms with Crippen molar-refractivity contribution in [1.29, 1.82) is 0 Å². The van der Waals surface area contributed by atoms with Gasteiger partial charge in [0.1, 0.15) is 0 Å². The third-order valence-corrected chi connectivity index (χ3v) is 4.50. The van der Waals surface area contributed by atoms with E-state index in [1.54, 1.807) is 0 Å². The first-order chi connectivity index (χ1) is 11.5. The second-order valence-corrected chi connectivity index (χ2v) is 7.02. The number of anilines is 1. The molecule has 130 valence electrons. The van der Waals surface area contributed by atoms with Crippen LogP contribution in [0.4, 0.5) is 5.69 Å². The van der Waals surface area contributed by atoms with Gasteiger partial charge in [0.05, 0.1) is 16.8 Å². The highest BCUT2D eigenvalue weighted by Crippen LogP contribution is 2.34. The Kier molecular flexibility index (Phi) is 7.21. The van der Waals surface area contributed by atoms with Gasteiger partial charge in [-0.1, -0.05) is 19.1 Å². The minimum atomic E-state index is 0.631. The van der Waals surface area contributed by atoms with Gasteiger partial charge < -0.3 is 14.8 Å². The summed E-state index contributed by atoms with van der Waals surface area (Å²) in [6, 6.07) is 10.7. The number of ether oxygens (including phenoxy) is 2. The lowest BCUT2D eigenvalue weighted by Crippen LogP contribution is -2.05. The van der Waals surface area contributed by atoms with Gasteiger partial charge in [0, 0.05) is 12.2 Å². The second kappa shape index (κ2) is 9.16. The number of aryl methyl sites for hydroxylation is 2. The minimum Gasteiger partial charge on any atom is -0.490 e. The molecule has 0 atom stereocenters. The summed E-state index contributed by atoms with van der Waals surface area (Å²) >= 11 is 2.32. The maximum Gasteiger partial charge on any atom is 0.174 e. The van der Waals surface area contributed by atoms with E-state index >= 15 is 0 Å². The molecule has 0 fully saturated rings. The Morgan fingerprint density at radius 3 is 2.54 bits per heavy atom. The molecule has 0 amide bonds. The molecular weight excluding hydrogens is 413 g/mol. The van der Waals surface area contributed by atoms with Gasteiger partial charge in [0.2, 0.25) is 0 Å². The lowest BCUT2D eigenvalue weighted by molar-refractivity contribution is 0.275. The van der Waals surface area contributed by atoms with Crippen molar-refractivity contribution in [1.82, 2.24) is 0 Å². The SMILES string of the molecule is CCCOc1c(I)cc(CNc2cc(C)ccc2C)cc1OCC. The minimum absolute atomic E-state index is 0.631. The van der Waals surface area contributed by atoms with E-state index in [0.717, 1.165) is 28.0 Å². The smallest absolute Gasteiger partial charge is 0.174 e. The zero-order valence-electron chi connectivity index (χ0n) is 14.9. The highest BCUT2D eigenvalue weighted by atomic mass is 127. The van der Waals surface area contributed by atoms with Crippen molar-refractivity contribution in [2.45, 2.75) is 40.7 Å². The summed E-state index contributed by atoms with van der Waals surface area (Å²) in [4.78, 5) is 0. The third-order valence-electron chi connectivity index (χ3n) is 3.70. The molecule has 0 aliphatic rings. The van der Waals surface area contributed by atoms with Gasteiger partial charge in [-0.05, 0) is 84.7 Å². The molecule has 4 heteroatoms. The van der Waals surface area contributed by atoms with Crippen LogP contribution in [0.2, 0.25) is 0 Å². The Morgan fingerprint density at radius 1 is 1.04 bits per heavy atom. The van der Waals surface area contributed by atoms with Crippen molar-refractivity contribution in [2.24, 2.45) is 0 Å². The Balaban J connectivity index is 2.19. The van der Waals surface area contributed by atoms with E-state index in [-0.39, 0.29) is 0 Å². The monoisotopic (exact) mass is 439 g/mol. The van der Waals surface area contributed by atoms with Crippen LogP contribution in [0.3, 0.4) is 0 Å². The molecule has 0 aliphatic heterocycles. The quantitative estimate of drug-likeness (QED) is 0.535. The van der Waals surface area contributed by atoms with Gasteiger partial charge in [-0.25, -0.2) is 0 Å². The average molecular weight is 439 g/mol. The van der Waals surface area contributed by atoms with Crippen LogP contribution in [0.25, 0.3) is 0 Å². The predicted molar refractivity (Wildman–Crippen MR) is 109 cm³/mol. The topological polar surface area (TPSA) is 30.5 Å². The van der Waals surface area contributed by atoms with Gasteiger partial charge in [0.25, 0.3) is 0 Å². The van der Waals surface area contributed by atoms with Gasteiger partial charge in [0.15, 0.2) is 11.5 Å². The van der Waals surface area contributed by atoms with E-state index in [4.69, 9.17) is 9.47 Å². The standard InChI is InChI=1S/C20H26INO2/c1-5-9-24-20-17(21)11-16(12-19(20)23-6-2)13-22-18-10-14(3)7-8-15(18)4/h7-8,10-12,22H,5-6,9,13H2,1-4H3. The van der Waals surface area contributed by atoms with Crippen LogP contribution in [-0.2, 0) is 6.54 Å². The predicted octanol–water partition coefficient (Wildman–Crippen LogP) is 5.71. The molecular formula is C20H26INO2. The fraction of sp³-hybridized carbons (Fsp3) is 0.400. The number of benzene rings is 2. The van der Waals surface area contributed by atoms with E-state index in [1.807, 2.05) is 6.92 Å². The molecule has 0 saturated carbocycles. The average Bonchev–Trinajstić information content (AvgIpc) is 2.55. The van der Waals surface area contributed by atoms with Crippen LogP contribution in [0.15, 0.2) is 30.3 Å². The lowest BCUT2D eigenvalue weighted by Gasteiger charge is -2.16. The molecule has 2 aromatic carbocycles. The van der Waals surface area contributed by atoms with Crippen molar-refractivity contribution in [3.63, 3.8) is 0 Å². The van der Waals surface area contributed by atoms with Gasteiger partial charge in [-0.15, -0.1) is 0 Å². The first-order valence-electron chi connectivity index (χ1n) is 8.44. The molecule has 3 nitrogen and oxygen atoms in total. The van der Waals surface area contributed by atoms with Gasteiger partial charge in [-0.3, -0.25) is 0 Å². The molecule has 0 bridgehead atoms. The van der Waals surface area contributed by atoms with Crippen molar-refractivity contribution in [3.05, 3.63) is 50.6 Å². The van der Waals surface area contributed by atoms with Crippen LogP contribution in [0.5, 0.6) is 11.5 Å². The van der Waals surface area contributed by atoms with Crippen LogP contribution in [0.1, 0.15) is 37.0 Å². The summed E-state index contributed by atoms with van der Waals surface area (Å²) in [6.45, 7) is 10.4. The maximum atomic E-state index is 5.87. The van der Waals surface area contributed by atoms with E-state index in [1.165, 1.54) is 22.4 Å². The number of rotatable bonds is 8. The molecule has 0 aliphatic carbocycles. The second-order valence-electron chi connectivity index (χ2n) is 5.86. The fourth-order valence-electron chi connectivity index (χ4n) is 2.45. The van der Waals surface area contributed by atoms with Crippen molar-refractivity contribution >= 4 is 28.3 Å². The highest BCUT2D eigenvalue weighted by Gasteiger charge is 2.12. The number of nitrogens with one attached hydrogen (secondary N) is 1. The number of hydrogen-bond donors (Lipinski definition) is 1. The molecule has 2 aromatic rings. The van der Waals surface area contributed by atoms with Crippen LogP contribution >= 0.6 is 22.6 Å². The van der Waals surface area contributed by atoms with Crippen molar-refractivity contribution in [3.8, 4) is 11.5 Å². The fourth-order valence-corrected chi connectivity index (χ4v) is 3.28. The molecule has 0 saturated heterocycles. The van der Waals surface area contributed by atoms with E-state index < -0.39 is 0 Å². The summed E-state index contributed by atoms with van der Waals surface area (Å²) in [7, 11) is 0. The molecule has 0 spiro atoms. The van der Waals surface area contributed by atoms with Crippen LogP contribution in [-0.4, -0.2) is 13.2 Å². The number of hydrogen-bond acceptors (Lipinski definition) is 3. The van der Waals surface area contributed by atoms with Gasteiger partial charge in [-0.2, -0.15) is 0 Å². The van der Waals surface area contributed by atoms with E-state index in [2.05, 4.69) is 79.0 Å². The van der Waals surface area contributed by atoms with E-state index in [0.29, 0.717) is 13.2 Å². The first kappa shape index (κ1) is 18.9. The third kappa shape index (κ3) is 5.03. The maximum absolute atomic E-state index is 5.87. The Labute approximate surface area is 158 Å². The molecule has 0 unspecified atom stereocenters. The molecule has 0 aromatic heterocycles. The van der Waals surface area contributed by atoms with E-state index in [9.17, 15) is 0 Å². The Bertz CT molecular complexity index is 686. The van der Waals surface area contributed by atoms with Crippen LogP contribution in [0, 0.1) is 17.4 Å². The summed E-state index contributed by atoms with van der Waals surface area (Å²) < 4.78 is 12.7. The summed E-state index contributed by atoms with van der Waals surface area (Å²) in [5, 5.41) is 3.53. The molecule has 24 heavy (non-hydrogen) atoms. The summed E-state index contributed by atoms with van der Waals surface area (Å²) in [5.41, 5.74) is 4.88. The molecule has 0 radical (unpaired) electrons. The normalized spacial score (nSPS) is 10.5. The summed E-state index contributed by atoms with van der Waals surface area (Å²) in [5.74, 6) is 1.69. The first-order valence-corrected chi connectivity index (χ1v) is 9.52. The van der Waals surface area contributed by atoms with Crippen LogP contribution < -0.4 is 14.8 Å². The highest BCUT2D eigenvalue weighted by molar-refractivity contribution is 14.1. The van der Waals surface area contributed by atoms with Crippen molar-refractivity contribution in [2.75, 3.05) is 18.5 Å². The molecule has 0 heterocycles. The Hall–Kier alpha value is -1.43. The molecule has 2 rings (SSSR count).